The quantitative estimate of drug-likeness (QED) is 0.554. The molecule has 0 fully saturated rings. The second kappa shape index (κ2) is 9.25. The van der Waals surface area contributed by atoms with Crippen LogP contribution in [0.1, 0.15) is 33.6 Å². The topological polar surface area (TPSA) is 62.4 Å². The molecule has 0 aliphatic rings. The Hall–Kier alpha value is -1.82. The molecule has 122 valence electrons. The number of benzene rings is 1. The zero-order valence-corrected chi connectivity index (χ0v) is 14.3. The summed E-state index contributed by atoms with van der Waals surface area (Å²) in [6.45, 7) is 6.88. The molecule has 3 N–H and O–H groups in total. The minimum atomic E-state index is -0.457. The molecule has 1 aromatic carbocycles. The number of thiocarbonyl (C=S) groups is 1. The van der Waals surface area contributed by atoms with E-state index >= 15 is 0 Å². The maximum Gasteiger partial charge on any atom is 0.407 e. The van der Waals surface area contributed by atoms with E-state index in [1.807, 2.05) is 51.1 Å². The average Bonchev–Trinajstić information content (AvgIpc) is 2.42. The Kier molecular flexibility index (Phi) is 7.66. The molecule has 0 saturated heterocycles. The van der Waals surface area contributed by atoms with Gasteiger partial charge in [0.1, 0.15) is 5.60 Å². The van der Waals surface area contributed by atoms with E-state index in [1.165, 1.54) is 0 Å². The van der Waals surface area contributed by atoms with Crippen molar-refractivity contribution in [2.24, 2.45) is 0 Å². The number of hydrogen-bond acceptors (Lipinski definition) is 3. The Morgan fingerprint density at radius 2 is 1.68 bits per heavy atom. The van der Waals surface area contributed by atoms with E-state index < -0.39 is 5.60 Å². The number of nitrogens with one attached hydrogen (secondary N) is 3. The summed E-state index contributed by atoms with van der Waals surface area (Å²) in [4.78, 5) is 11.4. The molecule has 0 aromatic heterocycles. The van der Waals surface area contributed by atoms with Gasteiger partial charge in [0.15, 0.2) is 5.11 Å². The van der Waals surface area contributed by atoms with Gasteiger partial charge in [-0.1, -0.05) is 18.2 Å². The third-order valence-corrected chi connectivity index (χ3v) is 2.84. The molecule has 0 spiro atoms. The van der Waals surface area contributed by atoms with Crippen LogP contribution in [0.15, 0.2) is 30.3 Å². The van der Waals surface area contributed by atoms with Gasteiger partial charge in [0.05, 0.1) is 0 Å². The zero-order valence-electron chi connectivity index (χ0n) is 13.4. The van der Waals surface area contributed by atoms with Crippen molar-refractivity contribution in [3.05, 3.63) is 30.3 Å². The number of alkyl carbamates (subject to hydrolysis) is 1. The second-order valence-corrected chi connectivity index (χ2v) is 6.29. The summed E-state index contributed by atoms with van der Waals surface area (Å²) in [5.74, 6) is 0. The lowest BCUT2D eigenvalue weighted by atomic mass is 10.2. The van der Waals surface area contributed by atoms with Gasteiger partial charge in [-0.05, 0) is 58.0 Å². The highest BCUT2D eigenvalue weighted by Gasteiger charge is 2.15. The summed E-state index contributed by atoms with van der Waals surface area (Å²) in [6, 6.07) is 9.78. The average molecular weight is 323 g/mol. The SMILES string of the molecule is CC(C)(C)OC(=O)NCCCCNC(=S)Nc1ccccc1. The number of hydrogen-bond donors (Lipinski definition) is 3. The monoisotopic (exact) mass is 323 g/mol. The molecule has 1 aromatic rings. The van der Waals surface area contributed by atoms with Crippen LogP contribution >= 0.6 is 12.2 Å². The molecule has 0 atom stereocenters. The number of amides is 1. The lowest BCUT2D eigenvalue weighted by Crippen LogP contribution is -2.33. The number of unbranched alkanes of at least 4 members (excludes halogenated alkanes) is 1. The van der Waals surface area contributed by atoms with Gasteiger partial charge in [-0.3, -0.25) is 0 Å². The minimum absolute atomic E-state index is 0.373. The van der Waals surface area contributed by atoms with Crippen molar-refractivity contribution in [1.82, 2.24) is 10.6 Å². The third-order valence-electron chi connectivity index (χ3n) is 2.59. The smallest absolute Gasteiger partial charge is 0.407 e. The van der Waals surface area contributed by atoms with Crippen LogP contribution in [-0.2, 0) is 4.74 Å². The first-order chi connectivity index (χ1) is 10.4. The third kappa shape index (κ3) is 9.18. The molecule has 1 rings (SSSR count). The van der Waals surface area contributed by atoms with Gasteiger partial charge < -0.3 is 20.7 Å². The summed E-state index contributed by atoms with van der Waals surface area (Å²) in [6.07, 6.45) is 1.40. The van der Waals surface area contributed by atoms with Gasteiger partial charge in [-0.25, -0.2) is 4.79 Å². The van der Waals surface area contributed by atoms with Crippen LogP contribution in [-0.4, -0.2) is 29.9 Å². The summed E-state index contributed by atoms with van der Waals surface area (Å²) in [5, 5.41) is 9.57. The zero-order chi connectivity index (χ0) is 16.4. The number of anilines is 1. The fourth-order valence-corrected chi connectivity index (χ4v) is 1.87. The molecular weight excluding hydrogens is 298 g/mol. The number of ether oxygens (including phenoxy) is 1. The van der Waals surface area contributed by atoms with E-state index in [9.17, 15) is 4.79 Å². The molecule has 22 heavy (non-hydrogen) atoms. The Balaban J connectivity index is 2.04. The van der Waals surface area contributed by atoms with Gasteiger partial charge in [-0.2, -0.15) is 0 Å². The highest BCUT2D eigenvalue weighted by molar-refractivity contribution is 7.80. The van der Waals surface area contributed by atoms with Gasteiger partial charge in [0, 0.05) is 18.8 Å². The van der Waals surface area contributed by atoms with Crippen molar-refractivity contribution < 1.29 is 9.53 Å². The van der Waals surface area contributed by atoms with Crippen molar-refractivity contribution in [2.75, 3.05) is 18.4 Å². The lowest BCUT2D eigenvalue weighted by Gasteiger charge is -2.19. The Morgan fingerprint density at radius 1 is 1.09 bits per heavy atom. The largest absolute Gasteiger partial charge is 0.444 e. The Bertz CT molecular complexity index is 472. The molecule has 0 saturated carbocycles. The molecule has 0 bridgehead atoms. The standard InChI is InChI=1S/C16H25N3O2S/c1-16(2,3)21-15(20)18-12-8-7-11-17-14(22)19-13-9-5-4-6-10-13/h4-6,9-10H,7-8,11-12H2,1-3H3,(H,18,20)(H2,17,19,22). The molecule has 6 heteroatoms. The van der Waals surface area contributed by atoms with Gasteiger partial charge in [0.2, 0.25) is 0 Å². The van der Waals surface area contributed by atoms with Crippen molar-refractivity contribution in [2.45, 2.75) is 39.2 Å². The molecule has 0 heterocycles. The van der Waals surface area contributed by atoms with Crippen LogP contribution in [0.3, 0.4) is 0 Å². The highest BCUT2D eigenvalue weighted by Crippen LogP contribution is 2.06. The van der Waals surface area contributed by atoms with Crippen LogP contribution in [0.25, 0.3) is 0 Å². The predicted molar refractivity (Wildman–Crippen MR) is 94.1 cm³/mol. The fourth-order valence-electron chi connectivity index (χ4n) is 1.65. The van der Waals surface area contributed by atoms with Gasteiger partial charge >= 0.3 is 6.09 Å². The Morgan fingerprint density at radius 3 is 2.27 bits per heavy atom. The van der Waals surface area contributed by atoms with Crippen molar-refractivity contribution in [3.63, 3.8) is 0 Å². The summed E-state index contributed by atoms with van der Waals surface area (Å²) >= 11 is 5.20. The minimum Gasteiger partial charge on any atom is -0.444 e. The van der Waals surface area contributed by atoms with E-state index in [0.29, 0.717) is 11.7 Å². The lowest BCUT2D eigenvalue weighted by molar-refractivity contribution is 0.0527. The summed E-state index contributed by atoms with van der Waals surface area (Å²) in [7, 11) is 0. The van der Waals surface area contributed by atoms with E-state index in [4.69, 9.17) is 17.0 Å². The fraction of sp³-hybridized carbons (Fsp3) is 0.500. The normalized spacial score (nSPS) is 10.7. The molecule has 0 aliphatic heterocycles. The van der Waals surface area contributed by atoms with Crippen molar-refractivity contribution >= 4 is 29.1 Å². The molecule has 1 amide bonds. The van der Waals surface area contributed by atoms with Crippen LogP contribution in [0.5, 0.6) is 0 Å². The van der Waals surface area contributed by atoms with Crippen molar-refractivity contribution in [3.8, 4) is 0 Å². The van der Waals surface area contributed by atoms with E-state index in [-0.39, 0.29) is 6.09 Å². The number of carbonyl (C=O) groups is 1. The number of para-hydroxylation sites is 1. The molecular formula is C16H25N3O2S. The van der Waals surface area contributed by atoms with E-state index in [1.54, 1.807) is 0 Å². The molecule has 0 aliphatic carbocycles. The molecule has 5 nitrogen and oxygen atoms in total. The van der Waals surface area contributed by atoms with Crippen molar-refractivity contribution in [1.29, 1.82) is 0 Å². The maximum absolute atomic E-state index is 11.4. The predicted octanol–water partition coefficient (Wildman–Crippen LogP) is 3.28. The Labute approximate surface area is 137 Å². The summed E-state index contributed by atoms with van der Waals surface area (Å²) < 4.78 is 5.15. The van der Waals surface area contributed by atoms with Gasteiger partial charge in [-0.15, -0.1) is 0 Å². The van der Waals surface area contributed by atoms with E-state index in [2.05, 4.69) is 16.0 Å². The number of rotatable bonds is 6. The van der Waals surface area contributed by atoms with E-state index in [0.717, 1.165) is 25.1 Å². The first-order valence-electron chi connectivity index (χ1n) is 7.43. The molecule has 0 radical (unpaired) electrons. The maximum atomic E-state index is 11.4. The first kappa shape index (κ1) is 18.2. The first-order valence-corrected chi connectivity index (χ1v) is 7.84. The summed E-state index contributed by atoms with van der Waals surface area (Å²) in [5.41, 5.74) is 0.507. The van der Waals surface area contributed by atoms with Crippen LogP contribution in [0, 0.1) is 0 Å². The molecule has 0 unspecified atom stereocenters. The highest BCUT2D eigenvalue weighted by atomic mass is 32.1. The van der Waals surface area contributed by atoms with Crippen LogP contribution in [0.4, 0.5) is 10.5 Å². The second-order valence-electron chi connectivity index (χ2n) is 5.88. The van der Waals surface area contributed by atoms with Crippen LogP contribution < -0.4 is 16.0 Å². The van der Waals surface area contributed by atoms with Crippen LogP contribution in [0.2, 0.25) is 0 Å². The number of carbonyl (C=O) groups excluding carboxylic acids is 1. The van der Waals surface area contributed by atoms with Gasteiger partial charge in [0.25, 0.3) is 0 Å².